The molecule has 0 N–H and O–H groups in total. The average Bonchev–Trinajstić information content (AvgIpc) is 2.31. The molecule has 0 aromatic carbocycles. The first-order valence-corrected chi connectivity index (χ1v) is 6.88. The molecule has 0 aromatic heterocycles. The van der Waals surface area contributed by atoms with E-state index in [1.165, 1.54) is 44.9 Å². The molecular weight excluding hydrogens is 192 g/mol. The first-order chi connectivity index (χ1) is 7.74. The first kappa shape index (κ1) is 15.4. The number of rotatable bonds is 10. The van der Waals surface area contributed by atoms with Gasteiger partial charge in [0.25, 0.3) is 0 Å². The normalized spacial score (nSPS) is 14.9. The lowest BCUT2D eigenvalue weighted by Gasteiger charge is -2.07. The molecule has 0 heterocycles. The molecule has 0 amide bonds. The highest BCUT2D eigenvalue weighted by Gasteiger charge is 2.14. The Hall–Kier alpha value is -0.610. The van der Waals surface area contributed by atoms with E-state index in [9.17, 15) is 0 Å². The van der Waals surface area contributed by atoms with Gasteiger partial charge < -0.3 is 0 Å². The molecule has 0 spiro atoms. The van der Waals surface area contributed by atoms with Crippen LogP contribution in [0.1, 0.15) is 65.7 Å². The van der Waals surface area contributed by atoms with Crippen molar-refractivity contribution in [2.45, 2.75) is 65.7 Å². The van der Waals surface area contributed by atoms with E-state index >= 15 is 0 Å². The van der Waals surface area contributed by atoms with Gasteiger partial charge in [-0.1, -0.05) is 45.3 Å². The van der Waals surface area contributed by atoms with E-state index in [0.29, 0.717) is 5.92 Å². The summed E-state index contributed by atoms with van der Waals surface area (Å²) in [6.07, 6.45) is 16.6. The maximum absolute atomic E-state index is 3.82. The van der Waals surface area contributed by atoms with E-state index < -0.39 is 0 Å². The highest BCUT2D eigenvalue weighted by Crippen LogP contribution is 2.18. The predicted octanol–water partition coefficient (Wildman–Crippen LogP) is 5.55. The summed E-state index contributed by atoms with van der Waals surface area (Å²) in [5.41, 5.74) is 0. The lowest BCUT2D eigenvalue weighted by molar-refractivity contribution is 0.445. The maximum Gasteiger partial charge on any atom is 0.217 e. The molecule has 0 heteroatoms. The highest BCUT2D eigenvalue weighted by atomic mass is 14.1. The quantitative estimate of drug-likeness (QED) is 0.257. The Morgan fingerprint density at radius 2 is 1.88 bits per heavy atom. The molecule has 0 aliphatic heterocycles. The summed E-state index contributed by atoms with van der Waals surface area (Å²) in [4.78, 5) is 0. The van der Waals surface area contributed by atoms with Crippen molar-refractivity contribution in [2.24, 2.45) is 11.8 Å². The van der Waals surface area contributed by atoms with Gasteiger partial charge in [-0.3, -0.25) is 0 Å². The Labute approximate surface area is 103 Å². The van der Waals surface area contributed by atoms with Gasteiger partial charge in [0.05, 0.1) is 0 Å². The van der Waals surface area contributed by atoms with E-state index in [4.69, 9.17) is 0 Å². The van der Waals surface area contributed by atoms with Gasteiger partial charge in [0.2, 0.25) is 6.08 Å². The van der Waals surface area contributed by atoms with Gasteiger partial charge in [0.15, 0.2) is 5.92 Å². The fraction of sp³-hybridized carbons (Fsp3) is 0.750. The van der Waals surface area contributed by atoms with Crippen LogP contribution in [0.2, 0.25) is 0 Å². The van der Waals surface area contributed by atoms with Crippen LogP contribution in [-0.2, 0) is 0 Å². The van der Waals surface area contributed by atoms with Gasteiger partial charge >= 0.3 is 0 Å². The van der Waals surface area contributed by atoms with Crippen LogP contribution in [0.3, 0.4) is 0 Å². The van der Waals surface area contributed by atoms with Gasteiger partial charge in [-0.2, -0.15) is 0 Å². The van der Waals surface area contributed by atoms with Crippen LogP contribution in [0, 0.1) is 17.9 Å². The third-order valence-electron chi connectivity index (χ3n) is 3.40. The van der Waals surface area contributed by atoms with Crippen LogP contribution < -0.4 is 0 Å². The smallest absolute Gasteiger partial charge is 0.0917 e. The molecule has 0 radical (unpaired) electrons. The maximum atomic E-state index is 3.82. The second-order valence-corrected chi connectivity index (χ2v) is 4.85. The van der Waals surface area contributed by atoms with Crippen LogP contribution >= 0.6 is 0 Å². The molecule has 0 aromatic rings. The van der Waals surface area contributed by atoms with E-state index in [1.54, 1.807) is 0 Å². The van der Waals surface area contributed by atoms with E-state index in [2.05, 4.69) is 45.6 Å². The summed E-state index contributed by atoms with van der Waals surface area (Å²) < 4.78 is 0. The van der Waals surface area contributed by atoms with E-state index in [1.807, 2.05) is 0 Å². The number of allylic oxidation sites excluding steroid dienone is 3. The summed E-state index contributed by atoms with van der Waals surface area (Å²) in [5.74, 6) is 1.50. The molecule has 2 atom stereocenters. The number of unbranched alkanes of at least 4 members (excludes halogenated alkanes) is 1. The minimum atomic E-state index is 0.605. The fourth-order valence-corrected chi connectivity index (χ4v) is 1.90. The van der Waals surface area contributed by atoms with Crippen molar-refractivity contribution in [2.75, 3.05) is 0 Å². The Morgan fingerprint density at radius 1 is 1.19 bits per heavy atom. The monoisotopic (exact) mass is 221 g/mol. The van der Waals surface area contributed by atoms with Crippen molar-refractivity contribution in [1.29, 1.82) is 0 Å². The van der Waals surface area contributed by atoms with Crippen LogP contribution in [-0.4, -0.2) is 0 Å². The molecule has 16 heavy (non-hydrogen) atoms. The summed E-state index contributed by atoms with van der Waals surface area (Å²) in [6, 6.07) is 0. The first-order valence-electron chi connectivity index (χ1n) is 6.88. The van der Waals surface area contributed by atoms with Crippen molar-refractivity contribution in [3.63, 3.8) is 0 Å². The third kappa shape index (κ3) is 8.68. The summed E-state index contributed by atoms with van der Waals surface area (Å²) in [6.45, 7) is 10.5. The van der Waals surface area contributed by atoms with E-state index in [-0.39, 0.29) is 0 Å². The summed E-state index contributed by atoms with van der Waals surface area (Å²) in [7, 11) is 0. The zero-order chi connectivity index (χ0) is 12.2. The molecule has 2 unspecified atom stereocenters. The molecule has 0 fully saturated rings. The molecule has 0 saturated carbocycles. The van der Waals surface area contributed by atoms with Crippen LogP contribution in [0.4, 0.5) is 0 Å². The molecule has 0 saturated heterocycles. The lowest BCUT2D eigenvalue weighted by Crippen LogP contribution is -1.98. The van der Waals surface area contributed by atoms with Gasteiger partial charge in [-0.25, -0.2) is 0 Å². The van der Waals surface area contributed by atoms with Gasteiger partial charge in [0, 0.05) is 12.8 Å². The predicted molar refractivity (Wildman–Crippen MR) is 74.3 cm³/mol. The standard InChI is InChI=1S/C16H29/c1-5-8-9-13-16(7-3)14-11-10-12-15(4)6-2/h5,8,15-16H,3,6,9-14H2,1-2,4H3/q+1/b8-5+. The van der Waals surface area contributed by atoms with Gasteiger partial charge in [-0.15, -0.1) is 0 Å². The van der Waals surface area contributed by atoms with Crippen LogP contribution in [0.5, 0.6) is 0 Å². The number of hydrogen-bond acceptors (Lipinski definition) is 0. The van der Waals surface area contributed by atoms with Gasteiger partial charge in [0.1, 0.15) is 6.58 Å². The average molecular weight is 221 g/mol. The highest BCUT2D eigenvalue weighted by molar-refractivity contribution is 4.80. The lowest BCUT2D eigenvalue weighted by atomic mass is 9.94. The largest absolute Gasteiger partial charge is 0.217 e. The van der Waals surface area contributed by atoms with Crippen molar-refractivity contribution in [3.8, 4) is 0 Å². The topological polar surface area (TPSA) is 0 Å². The fourth-order valence-electron chi connectivity index (χ4n) is 1.90. The van der Waals surface area contributed by atoms with Crippen LogP contribution in [0.15, 0.2) is 18.7 Å². The second kappa shape index (κ2) is 10.9. The molecule has 0 aliphatic rings. The SMILES string of the molecule is C=[C+]C(CC/C=C/C)CCCCC(C)CC. The number of hydrogen-bond donors (Lipinski definition) is 0. The zero-order valence-corrected chi connectivity index (χ0v) is 11.5. The third-order valence-corrected chi connectivity index (χ3v) is 3.40. The Morgan fingerprint density at radius 3 is 2.44 bits per heavy atom. The Bertz CT molecular complexity index is 178. The molecule has 0 aliphatic carbocycles. The summed E-state index contributed by atoms with van der Waals surface area (Å²) in [5, 5.41) is 0. The Kier molecular flexibility index (Phi) is 10.5. The van der Waals surface area contributed by atoms with Crippen molar-refractivity contribution < 1.29 is 0 Å². The molecule has 0 nitrogen and oxygen atoms in total. The Balaban J connectivity index is 3.51. The van der Waals surface area contributed by atoms with Crippen molar-refractivity contribution in [1.82, 2.24) is 0 Å². The van der Waals surface area contributed by atoms with Crippen molar-refractivity contribution >= 4 is 0 Å². The minimum absolute atomic E-state index is 0.605. The van der Waals surface area contributed by atoms with Crippen LogP contribution in [0.25, 0.3) is 0 Å². The molecule has 0 bridgehead atoms. The molecular formula is C16H29+. The van der Waals surface area contributed by atoms with Gasteiger partial charge in [-0.05, 0) is 25.7 Å². The van der Waals surface area contributed by atoms with E-state index in [0.717, 1.165) is 5.92 Å². The second-order valence-electron chi connectivity index (χ2n) is 4.85. The molecule has 92 valence electrons. The van der Waals surface area contributed by atoms with Crippen molar-refractivity contribution in [3.05, 3.63) is 24.8 Å². The molecule has 0 rings (SSSR count). The summed E-state index contributed by atoms with van der Waals surface area (Å²) >= 11 is 0. The minimum Gasteiger partial charge on any atom is -0.0917 e. The zero-order valence-electron chi connectivity index (χ0n) is 11.5.